The van der Waals surface area contributed by atoms with Crippen LogP contribution >= 0.6 is 0 Å². The molecule has 14 atom stereocenters. The van der Waals surface area contributed by atoms with E-state index in [-0.39, 0.29) is 110 Å². The van der Waals surface area contributed by atoms with E-state index in [1.54, 1.807) is 60.7 Å². The van der Waals surface area contributed by atoms with Crippen LogP contribution in [0, 0.1) is 11.8 Å². The van der Waals surface area contributed by atoms with E-state index in [4.69, 9.17) is 33.4 Å². The zero-order chi connectivity index (χ0) is 65.0. The molecule has 23 N–H and O–H groups in total. The molecule has 0 radical (unpaired) electrons. The van der Waals surface area contributed by atoms with E-state index in [0.717, 1.165) is 0 Å². The number of ether oxygens (including phenoxy) is 1. The monoisotopic (exact) mass is 1240 g/mol. The van der Waals surface area contributed by atoms with Crippen LogP contribution in [0.15, 0.2) is 60.7 Å². The molecule has 488 valence electrons. The van der Waals surface area contributed by atoms with E-state index in [1.165, 1.54) is 13.8 Å². The van der Waals surface area contributed by atoms with Crippen LogP contribution in [-0.2, 0) is 63.9 Å². The van der Waals surface area contributed by atoms with Gasteiger partial charge in [0.2, 0.25) is 59.1 Å². The molecule has 2 fully saturated rings. The van der Waals surface area contributed by atoms with Gasteiger partial charge in [-0.15, -0.1) is 0 Å². The van der Waals surface area contributed by atoms with Crippen LogP contribution in [-0.4, -0.2) is 200 Å². The first kappa shape index (κ1) is 72.8. The smallest absolute Gasteiger partial charge is 0.319 e. The summed E-state index contributed by atoms with van der Waals surface area (Å²) < 4.78 is 5.22. The molecule has 2 heterocycles. The second-order valence-corrected chi connectivity index (χ2v) is 22.4. The maximum Gasteiger partial charge on any atom is 0.319 e. The van der Waals surface area contributed by atoms with E-state index in [2.05, 4.69) is 58.5 Å². The molecule has 2 saturated heterocycles. The fraction of sp³-hybridized carbons (Fsp3) is 0.603. The Hall–Kier alpha value is -7.71. The highest BCUT2D eigenvalue weighted by molar-refractivity contribution is 6.02. The van der Waals surface area contributed by atoms with Crippen molar-refractivity contribution >= 4 is 65.0 Å². The minimum absolute atomic E-state index is 0.0255. The normalized spacial score (nSPS) is 24.7. The maximum atomic E-state index is 14.5. The van der Waals surface area contributed by atoms with Crippen molar-refractivity contribution in [2.75, 3.05) is 52.4 Å². The van der Waals surface area contributed by atoms with Crippen LogP contribution < -0.4 is 87.2 Å². The number of cyclic esters (lactones) is 1. The lowest BCUT2D eigenvalue weighted by molar-refractivity contribution is -0.146. The molecule has 30 nitrogen and oxygen atoms in total. The Balaban J connectivity index is 1.67. The van der Waals surface area contributed by atoms with Gasteiger partial charge in [-0.1, -0.05) is 74.5 Å². The number of carbonyl (C=O) groups excluding carboxylic acids is 11. The molecule has 2 aliphatic heterocycles. The average molecular weight is 1240 g/mol. The summed E-state index contributed by atoms with van der Waals surface area (Å²) >= 11 is 0. The van der Waals surface area contributed by atoms with Gasteiger partial charge in [0, 0.05) is 31.5 Å². The lowest BCUT2D eigenvalue weighted by Crippen LogP contribution is -2.61. The van der Waals surface area contributed by atoms with Crippen LogP contribution in [0.4, 0.5) is 0 Å². The van der Waals surface area contributed by atoms with Crippen LogP contribution in [0.1, 0.15) is 89.7 Å². The van der Waals surface area contributed by atoms with Gasteiger partial charge in [-0.3, -0.25) is 52.7 Å². The summed E-state index contributed by atoms with van der Waals surface area (Å²) in [7, 11) is 0. The van der Waals surface area contributed by atoms with Gasteiger partial charge < -0.3 is 102 Å². The molecule has 88 heavy (non-hydrogen) atoms. The Bertz CT molecular complexity index is 2640. The number of aliphatic hydroxyl groups excluding tert-OH is 2. The second kappa shape index (κ2) is 37.2. The SMILES string of the molecule is CC(C)C[C@@H]1NC(=O)[C@@H](Cc2ccccc2)NC(=O)[C@H](CCN)NC[C@@H](NC(=O)[C@H](CCN)NC(=O)[C@@H](NC(=O)[C@H](CCN)NC(=O)C2C(=O)OCC2c2ccccc2)C(C)O)CCNC(=O)[C@H]([C@H](C)O)NC(=O)[C@H](CCN)NC(=O)[C@H](CCN)NC1=O. The summed E-state index contributed by atoms with van der Waals surface area (Å²) in [5.74, 6) is -11.6. The van der Waals surface area contributed by atoms with Crippen molar-refractivity contribution in [2.24, 2.45) is 40.5 Å². The number of hydrogen-bond acceptors (Lipinski definition) is 20. The predicted molar refractivity (Wildman–Crippen MR) is 322 cm³/mol. The van der Waals surface area contributed by atoms with Gasteiger partial charge in [0.05, 0.1) is 24.9 Å². The van der Waals surface area contributed by atoms with E-state index < -0.39 is 150 Å². The molecule has 0 aromatic heterocycles. The zero-order valence-electron chi connectivity index (χ0n) is 50.4. The van der Waals surface area contributed by atoms with Crippen LogP contribution in [0.25, 0.3) is 0 Å². The van der Waals surface area contributed by atoms with Gasteiger partial charge in [-0.2, -0.15) is 0 Å². The van der Waals surface area contributed by atoms with Crippen LogP contribution in [0.3, 0.4) is 0 Å². The highest BCUT2D eigenvalue weighted by Crippen LogP contribution is 2.32. The Morgan fingerprint density at radius 1 is 0.591 bits per heavy atom. The number of amides is 10. The highest BCUT2D eigenvalue weighted by atomic mass is 16.5. The lowest BCUT2D eigenvalue weighted by Gasteiger charge is -2.29. The van der Waals surface area contributed by atoms with Crippen molar-refractivity contribution in [2.45, 2.75) is 158 Å². The van der Waals surface area contributed by atoms with E-state index >= 15 is 0 Å². The number of nitrogens with one attached hydrogen (secondary N) is 11. The number of aliphatic hydroxyl groups is 2. The van der Waals surface area contributed by atoms with Gasteiger partial charge in [0.15, 0.2) is 0 Å². The van der Waals surface area contributed by atoms with Gasteiger partial charge in [-0.05, 0) is 109 Å². The Morgan fingerprint density at radius 3 is 1.66 bits per heavy atom. The summed E-state index contributed by atoms with van der Waals surface area (Å²) in [6, 6.07) is 3.69. The number of rotatable bonds is 25. The Labute approximate surface area is 511 Å². The van der Waals surface area contributed by atoms with Gasteiger partial charge >= 0.3 is 5.97 Å². The fourth-order valence-corrected chi connectivity index (χ4v) is 10.0. The van der Waals surface area contributed by atoms with E-state index in [0.29, 0.717) is 11.1 Å². The first-order valence-corrected chi connectivity index (χ1v) is 29.8. The molecule has 0 bridgehead atoms. The maximum absolute atomic E-state index is 14.5. The molecule has 4 rings (SSSR count). The third-order valence-electron chi connectivity index (χ3n) is 14.8. The molecule has 0 saturated carbocycles. The molecule has 0 spiro atoms. The van der Waals surface area contributed by atoms with E-state index in [1.807, 2.05) is 13.8 Å². The first-order valence-electron chi connectivity index (χ1n) is 29.8. The molecule has 30 heteroatoms. The molecule has 2 aromatic carbocycles. The standard InChI is InChI=1S/C58H92N16O14/c1-31(2)27-43-53(82)68-40(17-23-61)50(79)67-41(18-24-62)51(80)73-46(32(3)75)56(85)64-26-20-36(29-65-38(15-21-59)48(77)72-44(54(83)71-43)28-34-11-7-5-8-12-34)66-49(78)39(16-22-60)70-57(86)47(33(4)76)74-52(81)42(19-25-63)69-55(84)45-37(30-88-58(45)87)35-13-9-6-10-14-35/h5-14,31-33,36-47,65,75-76H,15-30,59-63H2,1-4H3,(H,64,85)(H,66,78)(H,67,79)(H,68,82)(H,69,84)(H,70,86)(H,71,83)(H,72,77)(H,73,80)(H,74,81)/t32-,33?,36-,37?,38-,39-,40-,41-,42-,43-,44+,45?,46-,47-/m0/s1. The summed E-state index contributed by atoms with van der Waals surface area (Å²) in [6.45, 7) is 4.85. The summed E-state index contributed by atoms with van der Waals surface area (Å²) in [5.41, 5.74) is 30.8. The number of carbonyl (C=O) groups is 11. The predicted octanol–water partition coefficient (Wildman–Crippen LogP) is -6.42. The number of benzene rings is 2. The van der Waals surface area contributed by atoms with Crippen molar-refractivity contribution in [1.29, 1.82) is 0 Å². The molecule has 3 unspecified atom stereocenters. The lowest BCUT2D eigenvalue weighted by atomic mass is 9.87. The molecular formula is C58H92N16O14. The number of hydrogen-bond donors (Lipinski definition) is 18. The summed E-state index contributed by atoms with van der Waals surface area (Å²) in [5, 5.41) is 50.9. The van der Waals surface area contributed by atoms with Crippen molar-refractivity contribution in [3.05, 3.63) is 71.8 Å². The molecule has 2 aromatic rings. The third-order valence-corrected chi connectivity index (χ3v) is 14.8. The van der Waals surface area contributed by atoms with Crippen molar-refractivity contribution in [3.8, 4) is 0 Å². The van der Waals surface area contributed by atoms with Crippen molar-refractivity contribution in [3.63, 3.8) is 0 Å². The van der Waals surface area contributed by atoms with Crippen molar-refractivity contribution < 1.29 is 67.7 Å². The number of esters is 1. The Morgan fingerprint density at radius 2 is 1.10 bits per heavy atom. The highest BCUT2D eigenvalue weighted by Gasteiger charge is 2.45. The van der Waals surface area contributed by atoms with Gasteiger partial charge in [0.25, 0.3) is 0 Å². The second-order valence-electron chi connectivity index (χ2n) is 22.4. The summed E-state index contributed by atoms with van der Waals surface area (Å²) in [4.78, 5) is 154. The molecular weight excluding hydrogens is 1140 g/mol. The third kappa shape index (κ3) is 22.8. The van der Waals surface area contributed by atoms with Crippen LogP contribution in [0.5, 0.6) is 0 Å². The molecule has 0 aliphatic carbocycles. The molecule has 2 aliphatic rings. The number of nitrogens with two attached hydrogens (primary N) is 5. The van der Waals surface area contributed by atoms with E-state index in [9.17, 15) is 63.0 Å². The van der Waals surface area contributed by atoms with Crippen LogP contribution in [0.2, 0.25) is 0 Å². The van der Waals surface area contributed by atoms with Gasteiger partial charge in [0.1, 0.15) is 54.3 Å². The van der Waals surface area contributed by atoms with Gasteiger partial charge in [-0.25, -0.2) is 0 Å². The minimum atomic E-state index is -1.75. The zero-order valence-corrected chi connectivity index (χ0v) is 50.4. The summed E-state index contributed by atoms with van der Waals surface area (Å²) in [6.07, 6.45) is -3.88. The average Bonchev–Trinajstić information content (AvgIpc) is 4.03. The topological polar surface area (TPSA) is 500 Å². The quantitative estimate of drug-likeness (QED) is 0.0325. The largest absolute Gasteiger partial charge is 0.464 e. The first-order chi connectivity index (χ1) is 42.0. The van der Waals surface area contributed by atoms with Crippen molar-refractivity contribution in [1.82, 2.24) is 58.5 Å². The Kier molecular flexibility index (Phi) is 30.8. The fourth-order valence-electron chi connectivity index (χ4n) is 10.0. The molecule has 10 amide bonds. The minimum Gasteiger partial charge on any atom is -0.464 e.